The van der Waals surface area contributed by atoms with E-state index in [0.717, 1.165) is 24.0 Å². The molecule has 0 radical (unpaired) electrons. The fourth-order valence-corrected chi connectivity index (χ4v) is 3.78. The van der Waals surface area contributed by atoms with Crippen molar-refractivity contribution >= 4 is 5.78 Å². The van der Waals surface area contributed by atoms with E-state index in [2.05, 4.69) is 23.4 Å². The molecule has 1 aromatic heterocycles. The molecule has 1 aromatic carbocycles. The number of ketones is 1. The van der Waals surface area contributed by atoms with E-state index in [1.807, 2.05) is 20.0 Å². The summed E-state index contributed by atoms with van der Waals surface area (Å²) in [5.74, 6) is 0.511. The topological polar surface area (TPSA) is 56.2 Å². The molecule has 1 aliphatic rings. The van der Waals surface area contributed by atoms with Gasteiger partial charge >= 0.3 is 0 Å². The Balaban J connectivity index is 2.07. The average molecular weight is 327 g/mol. The molecule has 3 rings (SSSR count). The summed E-state index contributed by atoms with van der Waals surface area (Å²) in [4.78, 5) is 13.1. The lowest BCUT2D eigenvalue weighted by atomic mass is 9.82. The molecule has 5 nitrogen and oxygen atoms in total. The van der Waals surface area contributed by atoms with Gasteiger partial charge in [-0.1, -0.05) is 12.1 Å². The highest BCUT2D eigenvalue weighted by atomic mass is 16.5. The van der Waals surface area contributed by atoms with Crippen LogP contribution in [0.2, 0.25) is 0 Å². The highest BCUT2D eigenvalue weighted by Crippen LogP contribution is 2.34. The molecule has 0 bridgehead atoms. The van der Waals surface area contributed by atoms with Crippen LogP contribution in [0.1, 0.15) is 58.4 Å². The van der Waals surface area contributed by atoms with Crippen LogP contribution in [0.5, 0.6) is 5.88 Å². The zero-order chi connectivity index (χ0) is 17.3. The summed E-state index contributed by atoms with van der Waals surface area (Å²) in [6, 6.07) is 4.38. The van der Waals surface area contributed by atoms with Crippen LogP contribution in [0, 0.1) is 6.92 Å². The quantitative estimate of drug-likeness (QED) is 0.858. The summed E-state index contributed by atoms with van der Waals surface area (Å²) in [7, 11) is 3.57. The second-order valence-electron chi connectivity index (χ2n) is 6.26. The molecule has 128 valence electrons. The van der Waals surface area contributed by atoms with Gasteiger partial charge in [-0.05, 0) is 56.8 Å². The Morgan fingerprint density at radius 1 is 1.42 bits per heavy atom. The number of ether oxygens (including phenoxy) is 1. The minimum absolute atomic E-state index is 0.0210. The maximum atomic E-state index is 13.1. The normalized spacial score (nSPS) is 16.8. The van der Waals surface area contributed by atoms with E-state index < -0.39 is 0 Å². The van der Waals surface area contributed by atoms with Crippen molar-refractivity contribution in [2.45, 2.75) is 45.7 Å². The van der Waals surface area contributed by atoms with Gasteiger partial charge in [0.25, 0.3) is 0 Å². The van der Waals surface area contributed by atoms with Gasteiger partial charge in [-0.25, -0.2) is 4.68 Å². The third-order valence-electron chi connectivity index (χ3n) is 5.01. The van der Waals surface area contributed by atoms with Crippen LogP contribution in [0.4, 0.5) is 0 Å². The number of aromatic nitrogens is 2. The van der Waals surface area contributed by atoms with Crippen molar-refractivity contribution in [1.82, 2.24) is 15.1 Å². The van der Waals surface area contributed by atoms with Crippen molar-refractivity contribution in [2.75, 3.05) is 14.2 Å². The van der Waals surface area contributed by atoms with Crippen molar-refractivity contribution < 1.29 is 9.53 Å². The number of fused-ring (bicyclic) bond motifs is 1. The fraction of sp³-hybridized carbons (Fsp3) is 0.474. The number of hydrogen-bond donors (Lipinski definition) is 1. The largest absolute Gasteiger partial charge is 0.481 e. The van der Waals surface area contributed by atoms with Crippen LogP contribution in [0.15, 0.2) is 18.3 Å². The number of rotatable bonds is 5. The lowest BCUT2D eigenvalue weighted by molar-refractivity contribution is 0.103. The Kier molecular flexibility index (Phi) is 4.71. The molecule has 0 spiro atoms. The first kappa shape index (κ1) is 16.7. The van der Waals surface area contributed by atoms with Crippen LogP contribution >= 0.6 is 0 Å². The molecule has 0 amide bonds. The van der Waals surface area contributed by atoms with Gasteiger partial charge in [-0.2, -0.15) is 5.10 Å². The number of methoxy groups -OCH3 is 1. The summed E-state index contributed by atoms with van der Waals surface area (Å²) < 4.78 is 7.12. The second kappa shape index (κ2) is 6.77. The third kappa shape index (κ3) is 2.63. The van der Waals surface area contributed by atoms with Crippen LogP contribution in [0.25, 0.3) is 0 Å². The third-order valence-corrected chi connectivity index (χ3v) is 5.01. The van der Waals surface area contributed by atoms with Gasteiger partial charge in [-0.15, -0.1) is 0 Å². The maximum Gasteiger partial charge on any atom is 0.223 e. The molecule has 0 saturated heterocycles. The molecule has 1 N–H and O–H groups in total. The average Bonchev–Trinajstić information content (AvgIpc) is 3.04. The van der Waals surface area contributed by atoms with Crippen LogP contribution in [-0.4, -0.2) is 29.7 Å². The van der Waals surface area contributed by atoms with Crippen LogP contribution in [0.3, 0.4) is 0 Å². The zero-order valence-corrected chi connectivity index (χ0v) is 14.8. The van der Waals surface area contributed by atoms with E-state index >= 15 is 0 Å². The van der Waals surface area contributed by atoms with E-state index in [1.54, 1.807) is 18.0 Å². The Morgan fingerprint density at radius 2 is 2.21 bits per heavy atom. The van der Waals surface area contributed by atoms with Gasteiger partial charge in [0.1, 0.15) is 5.56 Å². The van der Waals surface area contributed by atoms with E-state index in [0.29, 0.717) is 24.0 Å². The van der Waals surface area contributed by atoms with E-state index in [-0.39, 0.29) is 5.78 Å². The van der Waals surface area contributed by atoms with Gasteiger partial charge in [0, 0.05) is 18.2 Å². The van der Waals surface area contributed by atoms with Crippen molar-refractivity contribution in [1.29, 1.82) is 0 Å². The molecule has 24 heavy (non-hydrogen) atoms. The minimum Gasteiger partial charge on any atom is -0.481 e. The number of hydrogen-bond acceptors (Lipinski definition) is 4. The van der Waals surface area contributed by atoms with Crippen molar-refractivity contribution in [3.05, 3.63) is 46.1 Å². The van der Waals surface area contributed by atoms with E-state index in [4.69, 9.17) is 4.74 Å². The molecule has 0 fully saturated rings. The molecule has 5 heteroatoms. The molecular formula is C19H25N3O2. The van der Waals surface area contributed by atoms with Gasteiger partial charge in [-0.3, -0.25) is 4.79 Å². The highest BCUT2D eigenvalue weighted by molar-refractivity contribution is 6.11. The smallest absolute Gasteiger partial charge is 0.223 e. The summed E-state index contributed by atoms with van der Waals surface area (Å²) >= 11 is 0. The lowest BCUT2D eigenvalue weighted by Crippen LogP contribution is -2.24. The van der Waals surface area contributed by atoms with Crippen molar-refractivity contribution in [3.8, 4) is 5.88 Å². The Morgan fingerprint density at radius 3 is 2.88 bits per heavy atom. The fourth-order valence-electron chi connectivity index (χ4n) is 3.78. The lowest BCUT2D eigenvalue weighted by Gasteiger charge is -2.28. The Hall–Kier alpha value is -2.14. The van der Waals surface area contributed by atoms with E-state index in [9.17, 15) is 4.79 Å². The number of nitrogens with one attached hydrogen (secondary N) is 1. The monoisotopic (exact) mass is 327 g/mol. The SMILES string of the molecule is CCn1ncc(C(=O)c2ccc3c(c2C)C(NC)CCC3)c1OC. The summed E-state index contributed by atoms with van der Waals surface area (Å²) in [5.41, 5.74) is 4.98. The van der Waals surface area contributed by atoms with E-state index in [1.165, 1.54) is 17.5 Å². The Labute approximate surface area is 143 Å². The first-order chi connectivity index (χ1) is 11.6. The van der Waals surface area contributed by atoms with Crippen LogP contribution in [-0.2, 0) is 13.0 Å². The molecule has 1 heterocycles. The van der Waals surface area contributed by atoms with Gasteiger partial charge in [0.15, 0.2) is 5.78 Å². The van der Waals surface area contributed by atoms with Gasteiger partial charge in [0.2, 0.25) is 5.88 Å². The zero-order valence-electron chi connectivity index (χ0n) is 14.8. The molecule has 1 unspecified atom stereocenters. The number of carbonyl (C=O) groups excluding carboxylic acids is 1. The predicted molar refractivity (Wildman–Crippen MR) is 93.8 cm³/mol. The van der Waals surface area contributed by atoms with Crippen molar-refractivity contribution in [3.63, 3.8) is 0 Å². The summed E-state index contributed by atoms with van der Waals surface area (Å²) in [6.07, 6.45) is 4.99. The first-order valence-corrected chi connectivity index (χ1v) is 8.56. The molecular weight excluding hydrogens is 302 g/mol. The maximum absolute atomic E-state index is 13.1. The molecule has 1 aliphatic carbocycles. The van der Waals surface area contributed by atoms with Crippen molar-refractivity contribution in [2.24, 2.45) is 0 Å². The molecule has 1 atom stereocenters. The highest BCUT2D eigenvalue weighted by Gasteiger charge is 2.26. The number of carbonyl (C=O) groups is 1. The summed E-state index contributed by atoms with van der Waals surface area (Å²) in [5, 5.41) is 7.65. The number of benzene rings is 1. The Bertz CT molecular complexity index is 764. The molecule has 0 aliphatic heterocycles. The molecule has 0 saturated carbocycles. The second-order valence-corrected chi connectivity index (χ2v) is 6.26. The van der Waals surface area contributed by atoms with Crippen LogP contribution < -0.4 is 10.1 Å². The number of aryl methyl sites for hydroxylation is 2. The molecule has 2 aromatic rings. The number of nitrogens with zero attached hydrogens (tertiary/aromatic N) is 2. The predicted octanol–water partition coefficient (Wildman–Crippen LogP) is 3.05. The standard InChI is InChI=1S/C19H25N3O2/c1-5-22-19(24-4)15(11-21-22)18(23)14-10-9-13-7-6-8-16(20-3)17(13)12(14)2/h9-11,16,20H,5-8H2,1-4H3. The van der Waals surface area contributed by atoms with Gasteiger partial charge in [0.05, 0.1) is 13.3 Å². The van der Waals surface area contributed by atoms with Gasteiger partial charge < -0.3 is 10.1 Å². The summed E-state index contributed by atoms with van der Waals surface area (Å²) in [6.45, 7) is 4.70. The first-order valence-electron chi connectivity index (χ1n) is 8.56. The minimum atomic E-state index is -0.0210.